The third-order valence-electron chi connectivity index (χ3n) is 3.47. The van der Waals surface area contributed by atoms with E-state index in [4.69, 9.17) is 0 Å². The van der Waals surface area contributed by atoms with Gasteiger partial charge in [-0.2, -0.15) is 0 Å². The first-order valence-corrected chi connectivity index (χ1v) is 6.93. The fraction of sp³-hybridized carbons (Fsp3) is 0.375. The molecule has 1 aromatic rings. The molecule has 20 heavy (non-hydrogen) atoms. The summed E-state index contributed by atoms with van der Waals surface area (Å²) in [7, 11) is 1.60. The van der Waals surface area contributed by atoms with Crippen LogP contribution in [0.5, 0.6) is 0 Å². The predicted octanol–water partition coefficient (Wildman–Crippen LogP) is 2.02. The average Bonchev–Trinajstić information content (AvgIpc) is 2.97. The number of benzene rings is 1. The van der Waals surface area contributed by atoms with E-state index in [1.54, 1.807) is 19.2 Å². The Hall–Kier alpha value is -2.10. The van der Waals surface area contributed by atoms with Crippen molar-refractivity contribution in [3.63, 3.8) is 0 Å². The summed E-state index contributed by atoms with van der Waals surface area (Å²) in [6.45, 7) is 0.458. The smallest absolute Gasteiger partial charge is 0.251 e. The Bertz CT molecular complexity index is 523. The van der Waals surface area contributed by atoms with Crippen LogP contribution in [0.2, 0.25) is 0 Å². The predicted molar refractivity (Wildman–Crippen MR) is 78.2 cm³/mol. The first kappa shape index (κ1) is 14.3. The Morgan fingerprint density at radius 2 is 2.20 bits per heavy atom. The standard InChI is InChI=1S/C16H20N2O2/c1-17-16(20)14-8-4-7-13(9-14)11-18-15(19)10-12-5-2-3-6-12/h2,4-5,7-9,12H,3,6,10-11H2,1H3,(H,17,20)(H,18,19)/t12-/m1/s1. The van der Waals surface area contributed by atoms with Crippen LogP contribution in [0.1, 0.15) is 35.2 Å². The minimum atomic E-state index is -0.116. The Labute approximate surface area is 119 Å². The van der Waals surface area contributed by atoms with Gasteiger partial charge in [-0.1, -0.05) is 24.3 Å². The zero-order valence-electron chi connectivity index (χ0n) is 11.7. The van der Waals surface area contributed by atoms with Gasteiger partial charge in [-0.3, -0.25) is 9.59 Å². The Morgan fingerprint density at radius 1 is 1.35 bits per heavy atom. The maximum Gasteiger partial charge on any atom is 0.251 e. The molecule has 1 atom stereocenters. The zero-order chi connectivity index (χ0) is 14.4. The zero-order valence-corrected chi connectivity index (χ0v) is 11.7. The van der Waals surface area contributed by atoms with Crippen LogP contribution >= 0.6 is 0 Å². The molecule has 0 fully saturated rings. The third-order valence-corrected chi connectivity index (χ3v) is 3.47. The van der Waals surface area contributed by atoms with Crippen LogP contribution in [0.4, 0.5) is 0 Å². The molecule has 0 spiro atoms. The van der Waals surface area contributed by atoms with E-state index in [1.807, 2.05) is 12.1 Å². The number of allylic oxidation sites excluding steroid dienone is 2. The Balaban J connectivity index is 1.85. The van der Waals surface area contributed by atoms with Gasteiger partial charge in [0.1, 0.15) is 0 Å². The molecule has 1 aliphatic rings. The largest absolute Gasteiger partial charge is 0.355 e. The van der Waals surface area contributed by atoms with Crippen molar-refractivity contribution in [2.75, 3.05) is 7.05 Å². The van der Waals surface area contributed by atoms with Gasteiger partial charge in [-0.15, -0.1) is 0 Å². The Kier molecular flexibility index (Phi) is 4.93. The summed E-state index contributed by atoms with van der Waals surface area (Å²) in [6, 6.07) is 7.29. The lowest BCUT2D eigenvalue weighted by Crippen LogP contribution is -2.24. The van der Waals surface area contributed by atoms with Gasteiger partial charge in [-0.05, 0) is 36.5 Å². The van der Waals surface area contributed by atoms with Gasteiger partial charge < -0.3 is 10.6 Å². The fourth-order valence-corrected chi connectivity index (χ4v) is 2.34. The fourth-order valence-electron chi connectivity index (χ4n) is 2.34. The van der Waals surface area contributed by atoms with Gasteiger partial charge in [0.15, 0.2) is 0 Å². The van der Waals surface area contributed by atoms with E-state index < -0.39 is 0 Å². The number of rotatable bonds is 5. The lowest BCUT2D eigenvalue weighted by molar-refractivity contribution is -0.121. The number of carbonyl (C=O) groups is 2. The van der Waals surface area contributed by atoms with Crippen molar-refractivity contribution in [1.82, 2.24) is 10.6 Å². The molecule has 4 nitrogen and oxygen atoms in total. The van der Waals surface area contributed by atoms with E-state index in [0.717, 1.165) is 18.4 Å². The number of nitrogens with one attached hydrogen (secondary N) is 2. The van der Waals surface area contributed by atoms with E-state index in [-0.39, 0.29) is 11.8 Å². The third kappa shape index (κ3) is 3.95. The van der Waals surface area contributed by atoms with Crippen molar-refractivity contribution in [3.8, 4) is 0 Å². The molecule has 2 rings (SSSR count). The second-order valence-electron chi connectivity index (χ2n) is 5.03. The monoisotopic (exact) mass is 272 g/mol. The molecule has 2 amide bonds. The molecule has 0 aliphatic heterocycles. The minimum Gasteiger partial charge on any atom is -0.355 e. The lowest BCUT2D eigenvalue weighted by Gasteiger charge is -2.09. The quantitative estimate of drug-likeness (QED) is 0.806. The topological polar surface area (TPSA) is 58.2 Å². The second kappa shape index (κ2) is 6.89. The summed E-state index contributed by atoms with van der Waals surface area (Å²) in [4.78, 5) is 23.4. The highest BCUT2D eigenvalue weighted by molar-refractivity contribution is 5.94. The minimum absolute atomic E-state index is 0.0619. The molecule has 0 saturated carbocycles. The number of hydrogen-bond donors (Lipinski definition) is 2. The van der Waals surface area contributed by atoms with Crippen molar-refractivity contribution in [3.05, 3.63) is 47.5 Å². The van der Waals surface area contributed by atoms with Gasteiger partial charge >= 0.3 is 0 Å². The van der Waals surface area contributed by atoms with E-state index in [9.17, 15) is 9.59 Å². The molecular weight excluding hydrogens is 252 g/mol. The van der Waals surface area contributed by atoms with Gasteiger partial charge in [0, 0.05) is 25.6 Å². The molecule has 0 unspecified atom stereocenters. The van der Waals surface area contributed by atoms with Gasteiger partial charge in [0.2, 0.25) is 5.91 Å². The number of carbonyl (C=O) groups excluding carboxylic acids is 2. The molecule has 2 N–H and O–H groups in total. The SMILES string of the molecule is CNC(=O)c1cccc(CNC(=O)C[C@@H]2C=CCC2)c1. The van der Waals surface area contributed by atoms with E-state index >= 15 is 0 Å². The van der Waals surface area contributed by atoms with Gasteiger partial charge in [0.05, 0.1) is 0 Å². The van der Waals surface area contributed by atoms with Crippen molar-refractivity contribution in [2.24, 2.45) is 5.92 Å². The summed E-state index contributed by atoms with van der Waals surface area (Å²) in [5.41, 5.74) is 1.54. The molecule has 0 heterocycles. The molecule has 106 valence electrons. The van der Waals surface area contributed by atoms with Crippen molar-refractivity contribution >= 4 is 11.8 Å². The first-order chi connectivity index (χ1) is 9.69. The normalized spacial score (nSPS) is 16.9. The molecule has 0 radical (unpaired) electrons. The molecule has 0 bridgehead atoms. The first-order valence-electron chi connectivity index (χ1n) is 6.93. The van der Waals surface area contributed by atoms with Crippen LogP contribution in [0, 0.1) is 5.92 Å². The van der Waals surface area contributed by atoms with Crippen LogP contribution in [-0.4, -0.2) is 18.9 Å². The van der Waals surface area contributed by atoms with Gasteiger partial charge in [-0.25, -0.2) is 0 Å². The van der Waals surface area contributed by atoms with E-state index in [0.29, 0.717) is 24.4 Å². The van der Waals surface area contributed by atoms with Crippen LogP contribution in [0.15, 0.2) is 36.4 Å². The maximum absolute atomic E-state index is 11.8. The number of amides is 2. The summed E-state index contributed by atoms with van der Waals surface area (Å²) < 4.78 is 0. The van der Waals surface area contributed by atoms with Crippen molar-refractivity contribution in [2.45, 2.75) is 25.8 Å². The summed E-state index contributed by atoms with van der Waals surface area (Å²) >= 11 is 0. The molecule has 4 heteroatoms. The Morgan fingerprint density at radius 3 is 2.90 bits per heavy atom. The second-order valence-corrected chi connectivity index (χ2v) is 5.03. The van der Waals surface area contributed by atoms with Crippen LogP contribution in [0.3, 0.4) is 0 Å². The van der Waals surface area contributed by atoms with Crippen LogP contribution < -0.4 is 10.6 Å². The summed E-state index contributed by atoms with van der Waals surface area (Å²) in [6.07, 6.45) is 6.94. The summed E-state index contributed by atoms with van der Waals surface area (Å²) in [5.74, 6) is 0.327. The highest BCUT2D eigenvalue weighted by Crippen LogP contribution is 2.20. The molecular formula is C16H20N2O2. The highest BCUT2D eigenvalue weighted by atomic mass is 16.2. The number of hydrogen-bond acceptors (Lipinski definition) is 2. The lowest BCUT2D eigenvalue weighted by atomic mass is 10.0. The molecule has 1 aromatic carbocycles. The average molecular weight is 272 g/mol. The van der Waals surface area contributed by atoms with Gasteiger partial charge in [0.25, 0.3) is 5.91 Å². The molecule has 0 aromatic heterocycles. The van der Waals surface area contributed by atoms with Crippen molar-refractivity contribution in [1.29, 1.82) is 0 Å². The maximum atomic E-state index is 11.8. The summed E-state index contributed by atoms with van der Waals surface area (Å²) in [5, 5.41) is 5.49. The van der Waals surface area contributed by atoms with Crippen molar-refractivity contribution < 1.29 is 9.59 Å². The molecule has 0 saturated heterocycles. The van der Waals surface area contributed by atoms with Crippen LogP contribution in [-0.2, 0) is 11.3 Å². The van der Waals surface area contributed by atoms with Crippen LogP contribution in [0.25, 0.3) is 0 Å². The van der Waals surface area contributed by atoms with E-state index in [2.05, 4.69) is 22.8 Å². The highest BCUT2D eigenvalue weighted by Gasteiger charge is 2.13. The molecule has 1 aliphatic carbocycles. The van der Waals surface area contributed by atoms with E-state index in [1.165, 1.54) is 0 Å².